The van der Waals surface area contributed by atoms with E-state index in [1.54, 1.807) is 0 Å². The van der Waals surface area contributed by atoms with Crippen molar-refractivity contribution in [3.63, 3.8) is 0 Å². The first-order valence-corrected chi connectivity index (χ1v) is 9.75. The van der Waals surface area contributed by atoms with Gasteiger partial charge >= 0.3 is 12.1 Å². The molecule has 0 aliphatic carbocycles. The van der Waals surface area contributed by atoms with Crippen LogP contribution in [0.2, 0.25) is 5.02 Å². The SMILES string of the molecule is NC(=O)c1cc(Cl)c(C(F)(F)F)cc1C1CCOc2cc(F)ccc21.O=C(O)c1ccoc1. The number of primary amides is 1. The molecule has 0 bridgehead atoms. The van der Waals surface area contributed by atoms with Gasteiger partial charge in [0.25, 0.3) is 0 Å². The van der Waals surface area contributed by atoms with E-state index in [2.05, 4.69) is 4.42 Å². The fraction of sp³-hybridized carbons (Fsp3) is 0.182. The summed E-state index contributed by atoms with van der Waals surface area (Å²) in [6, 6.07) is 6.94. The molecule has 1 aliphatic rings. The van der Waals surface area contributed by atoms with Crippen LogP contribution < -0.4 is 10.5 Å². The van der Waals surface area contributed by atoms with Gasteiger partial charge < -0.3 is 20.0 Å². The zero-order valence-corrected chi connectivity index (χ0v) is 17.4. The van der Waals surface area contributed by atoms with Gasteiger partial charge in [0.15, 0.2) is 0 Å². The highest BCUT2D eigenvalue weighted by Crippen LogP contribution is 2.43. The average molecular weight is 486 g/mol. The number of benzene rings is 2. The van der Waals surface area contributed by atoms with E-state index in [0.29, 0.717) is 12.0 Å². The summed E-state index contributed by atoms with van der Waals surface area (Å²) in [6.07, 6.45) is -1.86. The molecule has 1 aromatic heterocycles. The van der Waals surface area contributed by atoms with Crippen molar-refractivity contribution in [2.45, 2.75) is 18.5 Å². The van der Waals surface area contributed by atoms with Crippen LogP contribution in [-0.4, -0.2) is 23.6 Å². The second-order valence-electron chi connectivity index (χ2n) is 6.97. The first-order chi connectivity index (χ1) is 15.5. The Morgan fingerprint density at radius 1 is 1.12 bits per heavy atom. The number of fused-ring (bicyclic) bond motifs is 1. The molecule has 174 valence electrons. The van der Waals surface area contributed by atoms with Crippen LogP contribution >= 0.6 is 11.6 Å². The Labute approximate surface area is 189 Å². The number of amides is 1. The first kappa shape index (κ1) is 24.1. The summed E-state index contributed by atoms with van der Waals surface area (Å²) in [4.78, 5) is 21.7. The van der Waals surface area contributed by atoms with Crippen LogP contribution in [0.5, 0.6) is 5.75 Å². The third kappa shape index (κ3) is 5.46. The Hall–Kier alpha value is -3.53. The fourth-order valence-corrected chi connectivity index (χ4v) is 3.65. The van der Waals surface area contributed by atoms with Gasteiger partial charge in [-0.2, -0.15) is 13.2 Å². The number of hydrogen-bond acceptors (Lipinski definition) is 4. The van der Waals surface area contributed by atoms with Gasteiger partial charge in [0.1, 0.15) is 17.8 Å². The smallest absolute Gasteiger partial charge is 0.417 e. The van der Waals surface area contributed by atoms with Crippen LogP contribution in [0.4, 0.5) is 17.6 Å². The maximum Gasteiger partial charge on any atom is 0.417 e. The molecule has 6 nitrogen and oxygen atoms in total. The Morgan fingerprint density at radius 3 is 2.39 bits per heavy atom. The molecular weight excluding hydrogens is 470 g/mol. The van der Waals surface area contributed by atoms with E-state index in [-0.39, 0.29) is 29.0 Å². The third-order valence-electron chi connectivity index (χ3n) is 4.87. The highest BCUT2D eigenvalue weighted by Gasteiger charge is 2.36. The lowest BCUT2D eigenvalue weighted by Crippen LogP contribution is -2.22. The van der Waals surface area contributed by atoms with Gasteiger partial charge in [-0.05, 0) is 36.2 Å². The van der Waals surface area contributed by atoms with Crippen LogP contribution in [-0.2, 0) is 6.18 Å². The Kier molecular flexibility index (Phi) is 6.97. The molecule has 0 saturated carbocycles. The second kappa shape index (κ2) is 9.53. The molecule has 2 aromatic carbocycles. The van der Waals surface area contributed by atoms with Crippen molar-refractivity contribution in [1.82, 2.24) is 0 Å². The van der Waals surface area contributed by atoms with Crippen molar-refractivity contribution >= 4 is 23.5 Å². The summed E-state index contributed by atoms with van der Waals surface area (Å²) in [5.74, 6) is -2.73. The van der Waals surface area contributed by atoms with Crippen molar-refractivity contribution in [2.24, 2.45) is 5.73 Å². The number of carboxylic acids is 1. The number of hydrogen-bond donors (Lipinski definition) is 2. The van der Waals surface area contributed by atoms with Gasteiger partial charge in [-0.3, -0.25) is 4.79 Å². The summed E-state index contributed by atoms with van der Waals surface area (Å²) in [6.45, 7) is 0.170. The van der Waals surface area contributed by atoms with Crippen LogP contribution in [0.15, 0.2) is 53.3 Å². The van der Waals surface area contributed by atoms with Gasteiger partial charge in [-0.1, -0.05) is 17.7 Å². The van der Waals surface area contributed by atoms with Crippen molar-refractivity contribution in [3.05, 3.63) is 87.6 Å². The number of carboxylic acid groups (broad SMARTS) is 1. The normalized spacial score (nSPS) is 15.0. The molecule has 0 saturated heterocycles. The molecule has 2 heterocycles. The van der Waals surface area contributed by atoms with E-state index in [9.17, 15) is 27.2 Å². The van der Waals surface area contributed by atoms with Gasteiger partial charge in [-0.15, -0.1) is 0 Å². The van der Waals surface area contributed by atoms with Crippen LogP contribution in [0.25, 0.3) is 0 Å². The molecule has 4 rings (SSSR count). The molecule has 1 atom stereocenters. The average Bonchev–Trinajstić information content (AvgIpc) is 3.28. The minimum atomic E-state index is -4.68. The van der Waals surface area contributed by atoms with Crippen LogP contribution in [0, 0.1) is 5.82 Å². The Bertz CT molecular complexity index is 1180. The number of aromatic carboxylic acids is 1. The van der Waals surface area contributed by atoms with E-state index in [0.717, 1.165) is 18.2 Å². The number of furan rings is 1. The van der Waals surface area contributed by atoms with Crippen molar-refractivity contribution < 1.29 is 41.4 Å². The monoisotopic (exact) mass is 485 g/mol. The largest absolute Gasteiger partial charge is 0.493 e. The minimum Gasteiger partial charge on any atom is -0.493 e. The quantitative estimate of drug-likeness (QED) is 0.478. The molecule has 0 spiro atoms. The van der Waals surface area contributed by atoms with Gasteiger partial charge in [-0.25, -0.2) is 9.18 Å². The number of carbonyl (C=O) groups is 2. The number of ether oxygens (including phenoxy) is 1. The second-order valence-corrected chi connectivity index (χ2v) is 7.38. The number of rotatable bonds is 3. The van der Waals surface area contributed by atoms with Gasteiger partial charge in [0.2, 0.25) is 5.91 Å². The number of nitrogens with two attached hydrogens (primary N) is 1. The van der Waals surface area contributed by atoms with Crippen molar-refractivity contribution in [2.75, 3.05) is 6.61 Å². The third-order valence-corrected chi connectivity index (χ3v) is 5.18. The maximum atomic E-state index is 13.4. The van der Waals surface area contributed by atoms with Crippen molar-refractivity contribution in [1.29, 1.82) is 0 Å². The maximum absolute atomic E-state index is 13.4. The topological polar surface area (TPSA) is 103 Å². The fourth-order valence-electron chi connectivity index (χ4n) is 3.38. The Balaban J connectivity index is 0.000000323. The number of halogens is 5. The van der Waals surface area contributed by atoms with E-state index >= 15 is 0 Å². The Morgan fingerprint density at radius 2 is 1.85 bits per heavy atom. The molecule has 1 unspecified atom stereocenters. The predicted molar refractivity (Wildman–Crippen MR) is 109 cm³/mol. The zero-order valence-electron chi connectivity index (χ0n) is 16.7. The summed E-state index contributed by atoms with van der Waals surface area (Å²) in [7, 11) is 0. The summed E-state index contributed by atoms with van der Waals surface area (Å²) >= 11 is 5.69. The summed E-state index contributed by atoms with van der Waals surface area (Å²) in [5, 5.41) is 7.61. The molecule has 1 aliphatic heterocycles. The lowest BCUT2D eigenvalue weighted by molar-refractivity contribution is -0.137. The molecule has 0 fully saturated rings. The number of carbonyl (C=O) groups excluding carboxylic acids is 1. The summed E-state index contributed by atoms with van der Waals surface area (Å²) < 4.78 is 62.9. The summed E-state index contributed by atoms with van der Waals surface area (Å²) in [5.41, 5.74) is 4.95. The highest BCUT2D eigenvalue weighted by molar-refractivity contribution is 6.31. The molecular formula is C22H16ClF4NO5. The van der Waals surface area contributed by atoms with Gasteiger partial charge in [0, 0.05) is 23.1 Å². The van der Waals surface area contributed by atoms with E-state index in [1.165, 1.54) is 30.7 Å². The molecule has 11 heteroatoms. The molecule has 1 amide bonds. The predicted octanol–water partition coefficient (Wildman–Crippen LogP) is 5.49. The lowest BCUT2D eigenvalue weighted by Gasteiger charge is -2.28. The highest BCUT2D eigenvalue weighted by atomic mass is 35.5. The minimum absolute atomic E-state index is 0.0971. The molecule has 3 N–H and O–H groups in total. The van der Waals surface area contributed by atoms with Crippen LogP contribution in [0.1, 0.15) is 49.7 Å². The molecule has 33 heavy (non-hydrogen) atoms. The van der Waals surface area contributed by atoms with Crippen molar-refractivity contribution in [3.8, 4) is 5.75 Å². The molecule has 0 radical (unpaired) electrons. The van der Waals surface area contributed by atoms with E-state index < -0.39 is 40.4 Å². The van der Waals surface area contributed by atoms with Gasteiger partial charge in [0.05, 0.1) is 29.0 Å². The first-order valence-electron chi connectivity index (χ1n) is 9.37. The van der Waals surface area contributed by atoms with Crippen LogP contribution in [0.3, 0.4) is 0 Å². The molecule has 3 aromatic rings. The standard InChI is InChI=1S/C17H12ClF4NO2.C5H4O3/c18-14-7-12(16(23)24)11(6-13(14)17(20,21)22)9-3-4-25-15-5-8(19)1-2-10(9)15;6-5(7)4-1-2-8-3-4/h1-2,5-7,9H,3-4H2,(H2,23,24);1-3H,(H,6,7). The number of alkyl halides is 3. The lowest BCUT2D eigenvalue weighted by atomic mass is 9.83. The van der Waals surface area contributed by atoms with E-state index in [1.807, 2.05) is 0 Å². The zero-order chi connectivity index (χ0) is 24.3. The van der Waals surface area contributed by atoms with E-state index in [4.69, 9.17) is 27.2 Å².